The van der Waals surface area contributed by atoms with Crippen LogP contribution in [0.25, 0.3) is 0 Å². The molecule has 0 aliphatic heterocycles. The van der Waals surface area contributed by atoms with Crippen LogP contribution in [0.15, 0.2) is 0 Å². The van der Waals surface area contributed by atoms with Gasteiger partial charge < -0.3 is 14.2 Å². The maximum Gasteiger partial charge on any atom is 0.305 e. The molecule has 0 spiro atoms. The van der Waals surface area contributed by atoms with Crippen LogP contribution in [0.5, 0.6) is 0 Å². The van der Waals surface area contributed by atoms with Crippen molar-refractivity contribution in [3.05, 3.63) is 0 Å². The minimum absolute atomic E-state index is 0.136. The van der Waals surface area contributed by atoms with Gasteiger partial charge in [-0.1, -0.05) is 19.8 Å². The zero-order valence-electron chi connectivity index (χ0n) is 10.9. The molecular weight excluding hydrogens is 220 g/mol. The fourth-order valence-corrected chi connectivity index (χ4v) is 2.15. The third-order valence-electron chi connectivity index (χ3n) is 3.08. The Labute approximate surface area is 104 Å². The molecule has 100 valence electrons. The third-order valence-corrected chi connectivity index (χ3v) is 3.08. The summed E-state index contributed by atoms with van der Waals surface area (Å²) in [6, 6.07) is 0. The van der Waals surface area contributed by atoms with E-state index in [1.807, 2.05) is 6.92 Å². The number of ether oxygens (including phenoxy) is 3. The molecular formula is C13H24O4. The van der Waals surface area contributed by atoms with Crippen molar-refractivity contribution in [2.24, 2.45) is 0 Å². The van der Waals surface area contributed by atoms with Crippen molar-refractivity contribution < 1.29 is 19.0 Å². The van der Waals surface area contributed by atoms with Crippen LogP contribution in [0, 0.1) is 0 Å². The van der Waals surface area contributed by atoms with Gasteiger partial charge in [0.15, 0.2) is 0 Å². The average Bonchev–Trinajstić information content (AvgIpc) is 2.35. The summed E-state index contributed by atoms with van der Waals surface area (Å²) in [7, 11) is 1.73. The van der Waals surface area contributed by atoms with Gasteiger partial charge in [-0.15, -0.1) is 0 Å². The van der Waals surface area contributed by atoms with Gasteiger partial charge in [-0.2, -0.15) is 0 Å². The molecule has 0 aromatic heterocycles. The van der Waals surface area contributed by atoms with E-state index >= 15 is 0 Å². The lowest BCUT2D eigenvalue weighted by Gasteiger charge is -2.30. The maximum absolute atomic E-state index is 11.1. The average molecular weight is 244 g/mol. The van der Waals surface area contributed by atoms with E-state index < -0.39 is 0 Å². The monoisotopic (exact) mass is 244 g/mol. The first-order valence-corrected chi connectivity index (χ1v) is 6.58. The first-order chi connectivity index (χ1) is 8.27. The van der Waals surface area contributed by atoms with E-state index in [9.17, 15) is 4.79 Å². The number of carbonyl (C=O) groups is 1. The molecule has 4 nitrogen and oxygen atoms in total. The van der Waals surface area contributed by atoms with Crippen molar-refractivity contribution in [2.75, 3.05) is 20.3 Å². The Bertz CT molecular complexity index is 217. The minimum Gasteiger partial charge on any atom is -0.463 e. The van der Waals surface area contributed by atoms with Gasteiger partial charge in [-0.3, -0.25) is 4.79 Å². The zero-order chi connectivity index (χ0) is 12.5. The molecule has 0 aromatic rings. The second-order valence-corrected chi connectivity index (χ2v) is 4.44. The topological polar surface area (TPSA) is 44.8 Å². The van der Waals surface area contributed by atoms with Crippen molar-refractivity contribution in [3.8, 4) is 0 Å². The Morgan fingerprint density at radius 1 is 1.18 bits per heavy atom. The largest absolute Gasteiger partial charge is 0.463 e. The van der Waals surface area contributed by atoms with Gasteiger partial charge in [-0.05, 0) is 19.3 Å². The van der Waals surface area contributed by atoms with E-state index in [0.29, 0.717) is 19.6 Å². The van der Waals surface area contributed by atoms with Crippen LogP contribution >= 0.6 is 0 Å². The van der Waals surface area contributed by atoms with Crippen LogP contribution < -0.4 is 0 Å². The van der Waals surface area contributed by atoms with Gasteiger partial charge in [-0.25, -0.2) is 0 Å². The number of carbonyl (C=O) groups excluding carboxylic acids is 1. The number of rotatable bonds is 7. The minimum atomic E-state index is -0.136. The highest BCUT2D eigenvalue weighted by Crippen LogP contribution is 2.23. The Morgan fingerprint density at radius 3 is 2.53 bits per heavy atom. The van der Waals surface area contributed by atoms with Crippen LogP contribution in [0.4, 0.5) is 0 Å². The quantitative estimate of drug-likeness (QED) is 0.509. The molecule has 2 unspecified atom stereocenters. The van der Waals surface area contributed by atoms with Crippen LogP contribution in [0.1, 0.15) is 45.4 Å². The van der Waals surface area contributed by atoms with Gasteiger partial charge in [0.05, 0.1) is 18.8 Å². The number of esters is 1. The Hall–Kier alpha value is -0.610. The summed E-state index contributed by atoms with van der Waals surface area (Å²) >= 11 is 0. The summed E-state index contributed by atoms with van der Waals surface area (Å²) < 4.78 is 16.1. The van der Waals surface area contributed by atoms with Crippen molar-refractivity contribution in [2.45, 2.75) is 57.7 Å². The lowest BCUT2D eigenvalue weighted by molar-refractivity contribution is -0.147. The summed E-state index contributed by atoms with van der Waals surface area (Å²) in [5, 5.41) is 0. The molecule has 2 atom stereocenters. The normalized spacial score (nSPS) is 24.6. The fourth-order valence-electron chi connectivity index (χ4n) is 2.15. The highest BCUT2D eigenvalue weighted by Gasteiger charge is 2.25. The van der Waals surface area contributed by atoms with Crippen LogP contribution in [0.3, 0.4) is 0 Å². The van der Waals surface area contributed by atoms with Crippen molar-refractivity contribution in [3.63, 3.8) is 0 Å². The highest BCUT2D eigenvalue weighted by atomic mass is 16.6. The summed E-state index contributed by atoms with van der Waals surface area (Å²) in [5.41, 5.74) is 0. The predicted molar refractivity (Wildman–Crippen MR) is 64.9 cm³/mol. The molecule has 0 amide bonds. The Kier molecular flexibility index (Phi) is 7.21. The molecule has 1 saturated carbocycles. The second kappa shape index (κ2) is 8.48. The molecule has 0 bridgehead atoms. The molecule has 1 rings (SSSR count). The van der Waals surface area contributed by atoms with E-state index in [4.69, 9.17) is 14.2 Å². The SMILES string of the molecule is CCCC(=O)OCCOC1CCCCC1OC. The summed E-state index contributed by atoms with van der Waals surface area (Å²) in [6.45, 7) is 2.79. The van der Waals surface area contributed by atoms with Crippen LogP contribution in [-0.4, -0.2) is 38.5 Å². The summed E-state index contributed by atoms with van der Waals surface area (Å²) in [6.07, 6.45) is 6.20. The lowest BCUT2D eigenvalue weighted by Crippen LogP contribution is -2.34. The predicted octanol–water partition coefficient (Wildman–Crippen LogP) is 2.30. The van der Waals surface area contributed by atoms with Gasteiger partial charge in [0.25, 0.3) is 0 Å². The third kappa shape index (κ3) is 5.50. The van der Waals surface area contributed by atoms with Crippen LogP contribution in [0.2, 0.25) is 0 Å². The molecule has 0 heterocycles. The molecule has 17 heavy (non-hydrogen) atoms. The van der Waals surface area contributed by atoms with Gasteiger partial charge in [0.1, 0.15) is 6.61 Å². The first-order valence-electron chi connectivity index (χ1n) is 6.58. The van der Waals surface area contributed by atoms with Crippen molar-refractivity contribution >= 4 is 5.97 Å². The van der Waals surface area contributed by atoms with E-state index in [1.165, 1.54) is 12.8 Å². The van der Waals surface area contributed by atoms with Gasteiger partial charge in [0, 0.05) is 13.5 Å². The lowest BCUT2D eigenvalue weighted by atomic mass is 9.94. The standard InChI is InChI=1S/C13H24O4/c1-3-6-13(14)17-10-9-16-12-8-5-4-7-11(12)15-2/h11-12H,3-10H2,1-2H3. The van der Waals surface area contributed by atoms with Gasteiger partial charge >= 0.3 is 5.97 Å². The van der Waals surface area contributed by atoms with Gasteiger partial charge in [0.2, 0.25) is 0 Å². The maximum atomic E-state index is 11.1. The van der Waals surface area contributed by atoms with Crippen molar-refractivity contribution in [1.29, 1.82) is 0 Å². The second-order valence-electron chi connectivity index (χ2n) is 4.44. The number of hydrogen-bond donors (Lipinski definition) is 0. The van der Waals surface area contributed by atoms with Crippen molar-refractivity contribution in [1.82, 2.24) is 0 Å². The Morgan fingerprint density at radius 2 is 1.88 bits per heavy atom. The fraction of sp³-hybridized carbons (Fsp3) is 0.923. The molecule has 0 N–H and O–H groups in total. The van der Waals surface area contributed by atoms with E-state index in [2.05, 4.69) is 0 Å². The molecule has 4 heteroatoms. The number of hydrogen-bond acceptors (Lipinski definition) is 4. The summed E-state index contributed by atoms with van der Waals surface area (Å²) in [4.78, 5) is 11.1. The molecule has 1 fully saturated rings. The van der Waals surface area contributed by atoms with Crippen LogP contribution in [-0.2, 0) is 19.0 Å². The first kappa shape index (κ1) is 14.5. The molecule has 0 saturated heterocycles. The number of methoxy groups -OCH3 is 1. The molecule has 0 radical (unpaired) electrons. The van der Waals surface area contributed by atoms with E-state index in [-0.39, 0.29) is 18.2 Å². The Balaban J connectivity index is 2.10. The highest BCUT2D eigenvalue weighted by molar-refractivity contribution is 5.69. The smallest absolute Gasteiger partial charge is 0.305 e. The molecule has 1 aliphatic carbocycles. The zero-order valence-corrected chi connectivity index (χ0v) is 10.9. The summed E-state index contributed by atoms with van der Waals surface area (Å²) in [5.74, 6) is -0.136. The molecule has 0 aromatic carbocycles. The van der Waals surface area contributed by atoms with E-state index in [1.54, 1.807) is 7.11 Å². The van der Waals surface area contributed by atoms with E-state index in [0.717, 1.165) is 19.3 Å². The molecule has 1 aliphatic rings.